The SMILES string of the molecule is CCNCCN(C)c1ncc(C(C)c2ccc(F)cc2)cn1. The van der Waals surface area contributed by atoms with Crippen molar-refractivity contribution in [3.8, 4) is 0 Å². The smallest absolute Gasteiger partial charge is 0.225 e. The second kappa shape index (κ2) is 7.84. The number of likely N-dealkylation sites (N-methyl/N-ethyl adjacent to an activating group) is 2. The maximum absolute atomic E-state index is 13.0. The minimum Gasteiger partial charge on any atom is -0.343 e. The van der Waals surface area contributed by atoms with E-state index in [1.165, 1.54) is 12.1 Å². The number of aromatic nitrogens is 2. The molecule has 0 aliphatic heterocycles. The molecule has 0 fully saturated rings. The van der Waals surface area contributed by atoms with Crippen LogP contribution < -0.4 is 10.2 Å². The van der Waals surface area contributed by atoms with Crippen molar-refractivity contribution < 1.29 is 4.39 Å². The minimum atomic E-state index is -0.218. The maximum Gasteiger partial charge on any atom is 0.225 e. The van der Waals surface area contributed by atoms with Crippen LogP contribution >= 0.6 is 0 Å². The van der Waals surface area contributed by atoms with E-state index in [1.807, 2.05) is 24.3 Å². The van der Waals surface area contributed by atoms with Gasteiger partial charge in [-0.3, -0.25) is 0 Å². The molecule has 4 nitrogen and oxygen atoms in total. The molecule has 0 amide bonds. The van der Waals surface area contributed by atoms with E-state index < -0.39 is 0 Å². The van der Waals surface area contributed by atoms with Crippen LogP contribution in [0, 0.1) is 5.82 Å². The third kappa shape index (κ3) is 4.24. The normalized spacial score (nSPS) is 12.2. The number of hydrogen-bond acceptors (Lipinski definition) is 4. The molecule has 0 bridgehead atoms. The average molecular weight is 302 g/mol. The van der Waals surface area contributed by atoms with E-state index in [0.29, 0.717) is 5.95 Å². The number of anilines is 1. The van der Waals surface area contributed by atoms with E-state index in [-0.39, 0.29) is 11.7 Å². The van der Waals surface area contributed by atoms with Crippen molar-refractivity contribution in [3.63, 3.8) is 0 Å². The molecule has 22 heavy (non-hydrogen) atoms. The van der Waals surface area contributed by atoms with Crippen LogP contribution in [0.15, 0.2) is 36.7 Å². The van der Waals surface area contributed by atoms with Crippen LogP contribution in [-0.2, 0) is 0 Å². The molecule has 2 rings (SSSR count). The van der Waals surface area contributed by atoms with Crippen molar-refractivity contribution in [1.82, 2.24) is 15.3 Å². The summed E-state index contributed by atoms with van der Waals surface area (Å²) in [6, 6.07) is 6.57. The molecule has 1 N–H and O–H groups in total. The van der Waals surface area contributed by atoms with Crippen LogP contribution in [0.5, 0.6) is 0 Å². The zero-order valence-corrected chi connectivity index (χ0v) is 13.4. The Balaban J connectivity index is 2.03. The number of benzene rings is 1. The van der Waals surface area contributed by atoms with Gasteiger partial charge in [0.2, 0.25) is 5.95 Å². The van der Waals surface area contributed by atoms with Gasteiger partial charge in [-0.1, -0.05) is 26.0 Å². The van der Waals surface area contributed by atoms with Crippen molar-refractivity contribution in [2.75, 3.05) is 31.6 Å². The van der Waals surface area contributed by atoms with Crippen LogP contribution in [0.1, 0.15) is 30.9 Å². The zero-order chi connectivity index (χ0) is 15.9. The van der Waals surface area contributed by atoms with Gasteiger partial charge in [0.05, 0.1) is 0 Å². The van der Waals surface area contributed by atoms with Crippen molar-refractivity contribution in [1.29, 1.82) is 0 Å². The topological polar surface area (TPSA) is 41.0 Å². The molecule has 0 saturated heterocycles. The summed E-state index contributed by atoms with van der Waals surface area (Å²) in [5.74, 6) is 0.638. The summed E-state index contributed by atoms with van der Waals surface area (Å²) in [4.78, 5) is 10.9. The molecule has 1 aromatic heterocycles. The van der Waals surface area contributed by atoms with E-state index >= 15 is 0 Å². The number of nitrogens with one attached hydrogen (secondary N) is 1. The number of hydrogen-bond donors (Lipinski definition) is 1. The van der Waals surface area contributed by atoms with Crippen molar-refractivity contribution in [2.24, 2.45) is 0 Å². The first-order chi connectivity index (χ1) is 10.6. The van der Waals surface area contributed by atoms with E-state index in [9.17, 15) is 4.39 Å². The fourth-order valence-electron chi connectivity index (χ4n) is 2.22. The summed E-state index contributed by atoms with van der Waals surface area (Å²) >= 11 is 0. The van der Waals surface area contributed by atoms with Crippen LogP contribution in [0.25, 0.3) is 0 Å². The molecule has 1 unspecified atom stereocenters. The highest BCUT2D eigenvalue weighted by atomic mass is 19.1. The van der Waals surface area contributed by atoms with Gasteiger partial charge in [-0.25, -0.2) is 14.4 Å². The molecule has 0 spiro atoms. The first-order valence-electron chi connectivity index (χ1n) is 7.61. The molecule has 1 heterocycles. The van der Waals surface area contributed by atoms with Crippen LogP contribution in [0.2, 0.25) is 0 Å². The molecule has 2 aromatic rings. The maximum atomic E-state index is 13.0. The molecule has 118 valence electrons. The fraction of sp³-hybridized carbons (Fsp3) is 0.412. The minimum absolute atomic E-state index is 0.140. The predicted octanol–water partition coefficient (Wildman–Crippen LogP) is 2.81. The zero-order valence-electron chi connectivity index (χ0n) is 13.4. The quantitative estimate of drug-likeness (QED) is 0.799. The van der Waals surface area contributed by atoms with Gasteiger partial charge >= 0.3 is 0 Å². The van der Waals surface area contributed by atoms with E-state index in [1.54, 1.807) is 12.1 Å². The Morgan fingerprint density at radius 2 is 1.77 bits per heavy atom. The summed E-state index contributed by atoms with van der Waals surface area (Å²) in [6.07, 6.45) is 3.69. The second-order valence-corrected chi connectivity index (χ2v) is 5.36. The number of nitrogens with zero attached hydrogens (tertiary/aromatic N) is 3. The lowest BCUT2D eigenvalue weighted by Gasteiger charge is -2.18. The van der Waals surface area contributed by atoms with E-state index in [4.69, 9.17) is 0 Å². The summed E-state index contributed by atoms with van der Waals surface area (Å²) in [5.41, 5.74) is 2.08. The van der Waals surface area contributed by atoms with Crippen molar-refractivity contribution in [3.05, 3.63) is 53.6 Å². The molecule has 0 aliphatic carbocycles. The standard InChI is InChI=1S/C17H23FN4/c1-4-19-9-10-22(3)17-20-11-15(12-21-17)13(2)14-5-7-16(18)8-6-14/h5-8,11-13,19H,4,9-10H2,1-3H3. The molecule has 0 saturated carbocycles. The lowest BCUT2D eigenvalue weighted by molar-refractivity contribution is 0.626. The molecule has 0 aliphatic rings. The highest BCUT2D eigenvalue weighted by molar-refractivity contribution is 5.33. The Morgan fingerprint density at radius 1 is 1.14 bits per heavy atom. The third-order valence-corrected chi connectivity index (χ3v) is 3.74. The Bertz CT molecular complexity index is 568. The van der Waals surface area contributed by atoms with Gasteiger partial charge in [-0.2, -0.15) is 0 Å². The van der Waals surface area contributed by atoms with Crippen LogP contribution in [0.4, 0.5) is 10.3 Å². The summed E-state index contributed by atoms with van der Waals surface area (Å²) in [6.45, 7) is 6.89. The first-order valence-corrected chi connectivity index (χ1v) is 7.61. The summed E-state index contributed by atoms with van der Waals surface area (Å²) in [7, 11) is 1.98. The number of halogens is 1. The lowest BCUT2D eigenvalue weighted by Crippen LogP contribution is -2.30. The number of rotatable bonds is 7. The fourth-order valence-corrected chi connectivity index (χ4v) is 2.22. The van der Waals surface area contributed by atoms with Crippen LogP contribution in [0.3, 0.4) is 0 Å². The van der Waals surface area contributed by atoms with Crippen molar-refractivity contribution >= 4 is 5.95 Å². The summed E-state index contributed by atoms with van der Waals surface area (Å²) < 4.78 is 13.0. The molecular weight excluding hydrogens is 279 g/mol. The molecule has 0 radical (unpaired) electrons. The Kier molecular flexibility index (Phi) is 5.83. The highest BCUT2D eigenvalue weighted by Crippen LogP contribution is 2.23. The molecule has 1 aromatic carbocycles. The third-order valence-electron chi connectivity index (χ3n) is 3.74. The Hall–Kier alpha value is -2.01. The lowest BCUT2D eigenvalue weighted by atomic mass is 9.95. The Morgan fingerprint density at radius 3 is 2.36 bits per heavy atom. The van der Waals surface area contributed by atoms with Crippen molar-refractivity contribution in [2.45, 2.75) is 19.8 Å². The first kappa shape index (κ1) is 16.4. The monoisotopic (exact) mass is 302 g/mol. The Labute approximate surface area is 131 Å². The van der Waals surface area contributed by atoms with Gasteiger partial charge in [0, 0.05) is 38.4 Å². The van der Waals surface area contributed by atoms with Gasteiger partial charge in [0.15, 0.2) is 0 Å². The average Bonchev–Trinajstić information content (AvgIpc) is 2.55. The molecule has 5 heteroatoms. The predicted molar refractivity (Wildman–Crippen MR) is 87.8 cm³/mol. The van der Waals surface area contributed by atoms with E-state index in [0.717, 1.165) is 30.8 Å². The van der Waals surface area contributed by atoms with Gasteiger partial charge in [0.1, 0.15) is 5.82 Å². The van der Waals surface area contributed by atoms with Gasteiger partial charge in [-0.05, 0) is 29.8 Å². The van der Waals surface area contributed by atoms with Gasteiger partial charge in [-0.15, -0.1) is 0 Å². The molecular formula is C17H23FN4. The highest BCUT2D eigenvalue weighted by Gasteiger charge is 2.11. The second-order valence-electron chi connectivity index (χ2n) is 5.36. The largest absolute Gasteiger partial charge is 0.343 e. The van der Waals surface area contributed by atoms with Gasteiger partial charge in [0.25, 0.3) is 0 Å². The molecule has 1 atom stereocenters. The van der Waals surface area contributed by atoms with Crippen LogP contribution in [-0.4, -0.2) is 36.6 Å². The van der Waals surface area contributed by atoms with E-state index in [2.05, 4.69) is 29.1 Å². The summed E-state index contributed by atoms with van der Waals surface area (Å²) in [5, 5.41) is 3.28. The van der Waals surface area contributed by atoms with Gasteiger partial charge < -0.3 is 10.2 Å².